The Bertz CT molecular complexity index is 309. The second-order valence-corrected chi connectivity index (χ2v) is 3.76. The van der Waals surface area contributed by atoms with Crippen LogP contribution in [0.1, 0.15) is 18.3 Å². The third kappa shape index (κ3) is 2.82. The molecular weight excluding hydrogens is 294 g/mol. The summed E-state index contributed by atoms with van der Waals surface area (Å²) in [6.07, 6.45) is -3.83. The number of rotatable bonds is 1. The van der Waals surface area contributed by atoms with Crippen LogP contribution in [0.4, 0.5) is 13.2 Å². The first-order valence-electron chi connectivity index (χ1n) is 3.67. The predicted octanol–water partition coefficient (Wildman–Crippen LogP) is 3.27. The predicted molar refractivity (Wildman–Crippen MR) is 51.3 cm³/mol. The van der Waals surface area contributed by atoms with E-state index in [1.807, 2.05) is 22.6 Å². The fraction of sp³-hybridized carbons (Fsp3) is 0.375. The summed E-state index contributed by atoms with van der Waals surface area (Å²) >= 11 is 1.85. The lowest BCUT2D eigenvalue weighted by atomic mass is 10.2. The van der Waals surface area contributed by atoms with Crippen LogP contribution in [0.2, 0.25) is 0 Å². The van der Waals surface area contributed by atoms with Crippen molar-refractivity contribution >= 4 is 22.6 Å². The third-order valence-corrected chi connectivity index (χ3v) is 2.12. The highest BCUT2D eigenvalue weighted by Gasteiger charge is 2.32. The molecule has 0 unspecified atom stereocenters. The first kappa shape index (κ1) is 10.7. The van der Waals surface area contributed by atoms with Crippen LogP contribution in [-0.4, -0.2) is 4.98 Å². The minimum Gasteiger partial charge on any atom is -0.248 e. The molecule has 0 aliphatic carbocycles. The zero-order chi connectivity index (χ0) is 10.1. The van der Waals surface area contributed by atoms with Crippen LogP contribution in [0.5, 0.6) is 0 Å². The van der Waals surface area contributed by atoms with Crippen molar-refractivity contribution in [1.29, 1.82) is 0 Å². The minimum atomic E-state index is -4.34. The third-order valence-electron chi connectivity index (χ3n) is 1.50. The van der Waals surface area contributed by atoms with E-state index in [9.17, 15) is 13.2 Å². The van der Waals surface area contributed by atoms with Gasteiger partial charge in [-0.25, -0.2) is 4.98 Å². The Morgan fingerprint density at radius 1 is 1.38 bits per heavy atom. The molecule has 0 atom stereocenters. The summed E-state index contributed by atoms with van der Waals surface area (Å²) in [5, 5.41) is 0. The lowest BCUT2D eigenvalue weighted by Gasteiger charge is -2.07. The zero-order valence-electron chi connectivity index (χ0n) is 6.82. The van der Waals surface area contributed by atoms with Gasteiger partial charge in [0.15, 0.2) is 0 Å². The van der Waals surface area contributed by atoms with Crippen molar-refractivity contribution in [2.45, 2.75) is 19.5 Å². The molecule has 1 aromatic rings. The Morgan fingerprint density at radius 2 is 2.00 bits per heavy atom. The average molecular weight is 301 g/mol. The van der Waals surface area contributed by atoms with Gasteiger partial charge in [-0.2, -0.15) is 13.2 Å². The SMILES string of the molecule is CCc1cc(I)cc(C(F)(F)F)n1. The van der Waals surface area contributed by atoms with Crippen LogP contribution in [0, 0.1) is 3.57 Å². The van der Waals surface area contributed by atoms with Gasteiger partial charge in [0.1, 0.15) is 5.69 Å². The van der Waals surface area contributed by atoms with E-state index in [1.54, 1.807) is 13.0 Å². The van der Waals surface area contributed by atoms with E-state index < -0.39 is 11.9 Å². The number of halogens is 4. The van der Waals surface area contributed by atoms with Gasteiger partial charge in [0.2, 0.25) is 0 Å². The molecule has 0 aliphatic heterocycles. The van der Waals surface area contributed by atoms with Crippen LogP contribution in [-0.2, 0) is 12.6 Å². The molecule has 0 amide bonds. The largest absolute Gasteiger partial charge is 0.433 e. The van der Waals surface area contributed by atoms with E-state index in [1.165, 1.54) is 0 Å². The van der Waals surface area contributed by atoms with Crippen molar-refractivity contribution in [2.24, 2.45) is 0 Å². The second-order valence-electron chi connectivity index (χ2n) is 2.51. The van der Waals surface area contributed by atoms with Crippen molar-refractivity contribution < 1.29 is 13.2 Å². The Labute approximate surface area is 87.5 Å². The Hall–Kier alpha value is -0.330. The van der Waals surface area contributed by atoms with Crippen LogP contribution in [0.15, 0.2) is 12.1 Å². The number of hydrogen-bond donors (Lipinski definition) is 0. The summed E-state index contributed by atoms with van der Waals surface area (Å²) < 4.78 is 37.2. The molecule has 72 valence electrons. The van der Waals surface area contributed by atoms with E-state index in [0.717, 1.165) is 6.07 Å². The molecular formula is C8H7F3IN. The van der Waals surface area contributed by atoms with Gasteiger partial charge in [-0.1, -0.05) is 6.92 Å². The number of alkyl halides is 3. The van der Waals surface area contributed by atoms with Gasteiger partial charge in [-0.05, 0) is 41.1 Å². The maximum Gasteiger partial charge on any atom is 0.433 e. The molecule has 0 spiro atoms. The van der Waals surface area contributed by atoms with Gasteiger partial charge >= 0.3 is 6.18 Å². The summed E-state index contributed by atoms with van der Waals surface area (Å²) in [6, 6.07) is 2.69. The highest BCUT2D eigenvalue weighted by molar-refractivity contribution is 14.1. The molecule has 0 aromatic carbocycles. The van der Waals surface area contributed by atoms with Crippen LogP contribution in [0.25, 0.3) is 0 Å². The normalized spacial score (nSPS) is 11.8. The van der Waals surface area contributed by atoms with E-state index in [0.29, 0.717) is 15.7 Å². The maximum atomic E-state index is 12.2. The monoisotopic (exact) mass is 301 g/mol. The summed E-state index contributed by atoms with van der Waals surface area (Å²) in [6.45, 7) is 1.78. The van der Waals surface area contributed by atoms with Crippen LogP contribution in [0.3, 0.4) is 0 Å². The molecule has 5 heteroatoms. The van der Waals surface area contributed by atoms with E-state index in [-0.39, 0.29) is 0 Å². The highest BCUT2D eigenvalue weighted by atomic mass is 127. The van der Waals surface area contributed by atoms with Gasteiger partial charge in [0.05, 0.1) is 0 Å². The molecule has 0 bridgehead atoms. The number of hydrogen-bond acceptors (Lipinski definition) is 1. The molecule has 1 heterocycles. The van der Waals surface area contributed by atoms with Crippen molar-refractivity contribution in [3.05, 3.63) is 27.1 Å². The highest BCUT2D eigenvalue weighted by Crippen LogP contribution is 2.28. The molecule has 0 fully saturated rings. The standard InChI is InChI=1S/C8H7F3IN/c1-2-6-3-5(12)4-7(13-6)8(9,10)11/h3-4H,2H2,1H3. The zero-order valence-corrected chi connectivity index (χ0v) is 8.98. The maximum absolute atomic E-state index is 12.2. The number of nitrogens with zero attached hydrogens (tertiary/aromatic N) is 1. The van der Waals surface area contributed by atoms with Crippen molar-refractivity contribution in [3.63, 3.8) is 0 Å². The second kappa shape index (κ2) is 3.81. The Kier molecular flexibility index (Phi) is 3.15. The van der Waals surface area contributed by atoms with E-state index in [4.69, 9.17) is 0 Å². The average Bonchev–Trinajstić information content (AvgIpc) is 2.01. The fourth-order valence-corrected chi connectivity index (χ4v) is 1.53. The van der Waals surface area contributed by atoms with Crippen molar-refractivity contribution in [1.82, 2.24) is 4.98 Å². The molecule has 1 nitrogen and oxygen atoms in total. The Morgan fingerprint density at radius 3 is 2.46 bits per heavy atom. The van der Waals surface area contributed by atoms with Gasteiger partial charge in [-0.15, -0.1) is 0 Å². The molecule has 1 aromatic heterocycles. The van der Waals surface area contributed by atoms with Gasteiger partial charge in [0.25, 0.3) is 0 Å². The topological polar surface area (TPSA) is 12.9 Å². The van der Waals surface area contributed by atoms with Crippen molar-refractivity contribution in [3.8, 4) is 0 Å². The van der Waals surface area contributed by atoms with Gasteiger partial charge in [-0.3, -0.25) is 0 Å². The van der Waals surface area contributed by atoms with Crippen molar-refractivity contribution in [2.75, 3.05) is 0 Å². The number of aryl methyl sites for hydroxylation is 1. The smallest absolute Gasteiger partial charge is 0.248 e. The molecule has 0 saturated heterocycles. The molecule has 0 saturated carbocycles. The van der Waals surface area contributed by atoms with Crippen LogP contribution < -0.4 is 0 Å². The summed E-state index contributed by atoms with van der Waals surface area (Å²) in [4.78, 5) is 3.49. The number of aromatic nitrogens is 1. The number of pyridine rings is 1. The quantitative estimate of drug-likeness (QED) is 0.726. The molecule has 13 heavy (non-hydrogen) atoms. The molecule has 1 rings (SSSR count). The first-order valence-corrected chi connectivity index (χ1v) is 4.75. The lowest BCUT2D eigenvalue weighted by molar-refractivity contribution is -0.141. The molecule has 0 radical (unpaired) electrons. The van der Waals surface area contributed by atoms with Gasteiger partial charge < -0.3 is 0 Å². The Balaban J connectivity index is 3.16. The summed E-state index contributed by atoms with van der Waals surface area (Å²) in [7, 11) is 0. The van der Waals surface area contributed by atoms with E-state index >= 15 is 0 Å². The van der Waals surface area contributed by atoms with Gasteiger partial charge in [0, 0.05) is 9.26 Å². The minimum absolute atomic E-state index is 0.472. The fourth-order valence-electron chi connectivity index (χ4n) is 0.877. The summed E-state index contributed by atoms with van der Waals surface area (Å²) in [5.74, 6) is 0. The molecule has 0 aliphatic rings. The van der Waals surface area contributed by atoms with Crippen LogP contribution >= 0.6 is 22.6 Å². The molecule has 0 N–H and O–H groups in total. The summed E-state index contributed by atoms with van der Waals surface area (Å²) in [5.41, 5.74) is -0.338. The van der Waals surface area contributed by atoms with E-state index in [2.05, 4.69) is 4.98 Å². The lowest BCUT2D eigenvalue weighted by Crippen LogP contribution is -2.09. The first-order chi connectivity index (χ1) is 5.93.